The van der Waals surface area contributed by atoms with Gasteiger partial charge in [-0.1, -0.05) is 12.1 Å². The van der Waals surface area contributed by atoms with Crippen LogP contribution in [-0.2, 0) is 20.8 Å². The van der Waals surface area contributed by atoms with Gasteiger partial charge in [0, 0.05) is 65.6 Å². The zero-order chi connectivity index (χ0) is 21.8. The molecule has 1 unspecified atom stereocenters. The minimum atomic E-state index is -3.49. The number of piperazine rings is 1. The molecule has 1 fully saturated rings. The molecule has 0 saturated carbocycles. The average molecular weight is 458 g/mol. The summed E-state index contributed by atoms with van der Waals surface area (Å²) in [5.74, 6) is 0.417. The fraction of sp³-hybridized carbons (Fsp3) is 0.238. The monoisotopic (exact) mass is 457 g/mol. The highest BCUT2D eigenvalue weighted by atomic mass is 32.2. The van der Waals surface area contributed by atoms with E-state index in [1.807, 2.05) is 12.1 Å². The van der Waals surface area contributed by atoms with E-state index >= 15 is 0 Å². The maximum absolute atomic E-state index is 12.8. The van der Waals surface area contributed by atoms with Crippen molar-refractivity contribution in [3.8, 4) is 11.3 Å². The molecule has 0 amide bonds. The molecule has 4 rings (SSSR count). The Morgan fingerprint density at radius 2 is 1.68 bits per heavy atom. The minimum Gasteiger partial charge on any atom is -0.324 e. The molecule has 1 aliphatic rings. The van der Waals surface area contributed by atoms with Gasteiger partial charge in [0.05, 0.1) is 10.6 Å². The Hall–Kier alpha value is -2.66. The molecule has 0 radical (unpaired) electrons. The number of sulfonamides is 1. The van der Waals surface area contributed by atoms with E-state index in [1.165, 1.54) is 4.31 Å². The largest absolute Gasteiger partial charge is 0.324 e. The van der Waals surface area contributed by atoms with Crippen LogP contribution in [-0.4, -0.2) is 59.3 Å². The first kappa shape index (κ1) is 21.6. The summed E-state index contributed by atoms with van der Waals surface area (Å²) in [5.41, 5.74) is 2.25. The lowest BCUT2D eigenvalue weighted by atomic mass is 10.1. The van der Waals surface area contributed by atoms with Crippen LogP contribution < -0.4 is 10.6 Å². The summed E-state index contributed by atoms with van der Waals surface area (Å²) < 4.78 is 38.6. The zero-order valence-electron chi connectivity index (χ0n) is 17.0. The van der Waals surface area contributed by atoms with E-state index in [1.54, 1.807) is 54.9 Å². The van der Waals surface area contributed by atoms with Gasteiger partial charge in [0.2, 0.25) is 16.0 Å². The molecule has 1 atom stereocenters. The molecule has 10 heteroatoms. The quantitative estimate of drug-likeness (QED) is 0.585. The van der Waals surface area contributed by atoms with E-state index in [0.717, 1.165) is 16.1 Å². The summed E-state index contributed by atoms with van der Waals surface area (Å²) in [7, 11) is -4.52. The Balaban J connectivity index is 1.51. The Morgan fingerprint density at radius 3 is 2.32 bits per heavy atom. The lowest BCUT2D eigenvalue weighted by Gasteiger charge is -2.26. The van der Waals surface area contributed by atoms with Gasteiger partial charge < -0.3 is 10.6 Å². The molecule has 1 aliphatic heterocycles. The van der Waals surface area contributed by atoms with Crippen molar-refractivity contribution in [1.82, 2.24) is 19.6 Å². The Kier molecular flexibility index (Phi) is 6.42. The molecule has 1 saturated heterocycles. The maximum Gasteiger partial charge on any atom is 0.243 e. The summed E-state index contributed by atoms with van der Waals surface area (Å²) in [5, 5.41) is 6.29. The summed E-state index contributed by atoms with van der Waals surface area (Å²) in [6.45, 7) is 2.26. The smallest absolute Gasteiger partial charge is 0.243 e. The fourth-order valence-electron chi connectivity index (χ4n) is 3.27. The number of aromatic nitrogens is 2. The van der Waals surface area contributed by atoms with Gasteiger partial charge in [0.25, 0.3) is 0 Å². The first-order chi connectivity index (χ1) is 14.9. The van der Waals surface area contributed by atoms with Crippen LogP contribution in [0.2, 0.25) is 0 Å². The van der Waals surface area contributed by atoms with Crippen LogP contribution in [0.4, 0.5) is 11.6 Å². The fourth-order valence-corrected chi connectivity index (χ4v) is 5.23. The molecule has 0 aliphatic carbocycles. The molecule has 2 aromatic carbocycles. The van der Waals surface area contributed by atoms with E-state index in [2.05, 4.69) is 20.6 Å². The van der Waals surface area contributed by atoms with Crippen molar-refractivity contribution in [2.24, 2.45) is 0 Å². The number of hydrogen-bond donors (Lipinski definition) is 2. The molecule has 8 nitrogen and oxygen atoms in total. The van der Waals surface area contributed by atoms with Crippen LogP contribution in [0.15, 0.2) is 70.6 Å². The Labute approximate surface area is 184 Å². The molecule has 162 valence electrons. The molecule has 0 spiro atoms. The number of nitrogens with zero attached hydrogens (tertiary/aromatic N) is 3. The molecule has 31 heavy (non-hydrogen) atoms. The van der Waals surface area contributed by atoms with Gasteiger partial charge in [-0.25, -0.2) is 18.4 Å². The number of benzene rings is 2. The van der Waals surface area contributed by atoms with Gasteiger partial charge in [0.15, 0.2) is 0 Å². The van der Waals surface area contributed by atoms with E-state index in [-0.39, 0.29) is 4.90 Å². The topological polar surface area (TPSA) is 104 Å². The van der Waals surface area contributed by atoms with Crippen LogP contribution in [0.1, 0.15) is 0 Å². The third kappa shape index (κ3) is 4.99. The molecular formula is C21H23N5O3S2. The lowest BCUT2D eigenvalue weighted by molar-refractivity contribution is 0.360. The highest BCUT2D eigenvalue weighted by Gasteiger charge is 2.25. The van der Waals surface area contributed by atoms with Crippen molar-refractivity contribution in [2.75, 3.05) is 37.8 Å². The lowest BCUT2D eigenvalue weighted by Crippen LogP contribution is -2.46. The van der Waals surface area contributed by atoms with Crippen molar-refractivity contribution >= 4 is 32.5 Å². The maximum atomic E-state index is 12.8. The van der Waals surface area contributed by atoms with Crippen LogP contribution in [0.25, 0.3) is 11.3 Å². The summed E-state index contributed by atoms with van der Waals surface area (Å²) >= 11 is 0. The van der Waals surface area contributed by atoms with Gasteiger partial charge in [-0.05, 0) is 42.5 Å². The molecule has 2 heterocycles. The number of rotatable bonds is 6. The van der Waals surface area contributed by atoms with Crippen molar-refractivity contribution in [3.05, 3.63) is 60.8 Å². The average Bonchev–Trinajstić information content (AvgIpc) is 2.80. The van der Waals surface area contributed by atoms with Crippen molar-refractivity contribution in [3.63, 3.8) is 0 Å². The van der Waals surface area contributed by atoms with Gasteiger partial charge in [-0.15, -0.1) is 0 Å². The minimum absolute atomic E-state index is 0.277. The van der Waals surface area contributed by atoms with E-state index in [9.17, 15) is 12.6 Å². The predicted octanol–water partition coefficient (Wildman–Crippen LogP) is 2.22. The molecule has 2 N–H and O–H groups in total. The standard InChI is InChI=1S/C21H23N5O3S2/c1-30(27)18-6-4-17(5-7-18)24-21-23-11-10-20(25-21)16-2-8-19(9-3-16)31(28,29)26-14-12-22-13-15-26/h2-11,22H,12-15H2,1H3,(H,23,24,25). The van der Waals surface area contributed by atoms with Crippen LogP contribution in [0.3, 0.4) is 0 Å². The second-order valence-electron chi connectivity index (χ2n) is 7.05. The highest BCUT2D eigenvalue weighted by Crippen LogP contribution is 2.23. The van der Waals surface area contributed by atoms with Crippen molar-refractivity contribution in [2.45, 2.75) is 9.79 Å². The van der Waals surface area contributed by atoms with Crippen molar-refractivity contribution < 1.29 is 12.6 Å². The second-order valence-corrected chi connectivity index (χ2v) is 10.4. The third-order valence-corrected chi connectivity index (χ3v) is 7.81. The van der Waals surface area contributed by atoms with Crippen LogP contribution >= 0.6 is 0 Å². The predicted molar refractivity (Wildman–Crippen MR) is 121 cm³/mol. The Morgan fingerprint density at radius 1 is 1.00 bits per heavy atom. The number of anilines is 2. The molecule has 0 bridgehead atoms. The highest BCUT2D eigenvalue weighted by molar-refractivity contribution is 7.89. The first-order valence-corrected chi connectivity index (χ1v) is 12.8. The normalized spacial score (nSPS) is 16.0. The molecule has 1 aromatic heterocycles. The van der Waals surface area contributed by atoms with Gasteiger partial charge in [-0.3, -0.25) is 4.21 Å². The van der Waals surface area contributed by atoms with Gasteiger partial charge in [0.1, 0.15) is 0 Å². The van der Waals surface area contributed by atoms with Crippen LogP contribution in [0.5, 0.6) is 0 Å². The zero-order valence-corrected chi connectivity index (χ0v) is 18.6. The van der Waals surface area contributed by atoms with Gasteiger partial charge in [-0.2, -0.15) is 4.31 Å². The van der Waals surface area contributed by atoms with E-state index in [4.69, 9.17) is 0 Å². The van der Waals surface area contributed by atoms with Crippen LogP contribution in [0, 0.1) is 0 Å². The summed E-state index contributed by atoms with van der Waals surface area (Å²) in [6.07, 6.45) is 3.28. The third-order valence-electron chi connectivity index (χ3n) is 4.96. The van der Waals surface area contributed by atoms with Gasteiger partial charge >= 0.3 is 0 Å². The SMILES string of the molecule is CS(=O)c1ccc(Nc2nccc(-c3ccc(S(=O)(=O)N4CCNCC4)cc3)n2)cc1. The number of nitrogens with one attached hydrogen (secondary N) is 2. The second kappa shape index (κ2) is 9.23. The van der Waals surface area contributed by atoms with Crippen molar-refractivity contribution in [1.29, 1.82) is 0 Å². The number of hydrogen-bond acceptors (Lipinski definition) is 7. The summed E-state index contributed by atoms with van der Waals surface area (Å²) in [4.78, 5) is 9.80. The molecular weight excluding hydrogens is 434 g/mol. The van der Waals surface area contributed by atoms with E-state index < -0.39 is 20.8 Å². The first-order valence-electron chi connectivity index (χ1n) is 9.78. The van der Waals surface area contributed by atoms with E-state index in [0.29, 0.717) is 37.8 Å². The molecule has 3 aromatic rings. The Bertz CT molecular complexity index is 1180. The summed E-state index contributed by atoms with van der Waals surface area (Å²) in [6, 6.07) is 15.7.